The lowest BCUT2D eigenvalue weighted by atomic mass is 10.1. The molecule has 3 aliphatic carbocycles. The number of benzene rings is 3. The summed E-state index contributed by atoms with van der Waals surface area (Å²) < 4.78 is 22.8. The molecule has 0 saturated carbocycles. The van der Waals surface area contributed by atoms with Gasteiger partial charge in [-0.05, 0) is 105 Å². The van der Waals surface area contributed by atoms with Crippen LogP contribution in [0.4, 0.5) is 22.0 Å². The first-order chi connectivity index (χ1) is 40.0. The quantitative estimate of drug-likeness (QED) is 0.0274. The number of hydrogen-bond donors (Lipinski definition) is 7. The maximum atomic E-state index is 12.1. The van der Waals surface area contributed by atoms with Gasteiger partial charge < -0.3 is 29.5 Å². The molecule has 0 aliphatic heterocycles. The van der Waals surface area contributed by atoms with Crippen molar-refractivity contribution in [2.75, 3.05) is 17.8 Å². The van der Waals surface area contributed by atoms with E-state index < -0.39 is 34.8 Å². The van der Waals surface area contributed by atoms with Gasteiger partial charge >= 0.3 is 17.6 Å². The summed E-state index contributed by atoms with van der Waals surface area (Å²) in [7, 11) is 0. The van der Waals surface area contributed by atoms with Gasteiger partial charge in [-0.3, -0.25) is 39.7 Å². The molecule has 3 atom stereocenters. The third kappa shape index (κ3) is 13.3. The normalized spacial score (nSPS) is 15.3. The molecule has 7 aromatic rings. The number of aromatic amines is 4. The zero-order chi connectivity index (χ0) is 60.8. The molecule has 84 heavy (non-hydrogen) atoms. The van der Waals surface area contributed by atoms with Crippen molar-refractivity contribution in [3.8, 4) is 46.6 Å². The Hall–Kier alpha value is -8.76. The van der Waals surface area contributed by atoms with Crippen LogP contribution in [0.25, 0.3) is 10.5 Å². The minimum absolute atomic E-state index is 0.0363. The van der Waals surface area contributed by atoms with Crippen molar-refractivity contribution in [1.29, 1.82) is 5.26 Å². The number of anilines is 2. The van der Waals surface area contributed by atoms with Crippen molar-refractivity contribution < 1.29 is 28.5 Å². The third-order valence-corrected chi connectivity index (χ3v) is 14.8. The summed E-state index contributed by atoms with van der Waals surface area (Å²) in [6.07, 6.45) is 3.44. The summed E-state index contributed by atoms with van der Waals surface area (Å²) in [5.74, 6) is 0.0188. The number of carbonyl (C=O) groups excluding carboxylic acids is 2. The Balaban J connectivity index is 0.000000168. The first kappa shape index (κ1) is 61.3. The van der Waals surface area contributed by atoms with Gasteiger partial charge in [0.2, 0.25) is 23.4 Å². The minimum Gasteiger partial charge on any atom is -0.450 e. The highest BCUT2D eigenvalue weighted by molar-refractivity contribution is 6.47. The molecule has 2 amide bonds. The largest absolute Gasteiger partial charge is 0.450 e. The van der Waals surface area contributed by atoms with Crippen LogP contribution >= 0.6 is 69.6 Å². The number of fused-ring (bicyclic) bond motifs is 3. The van der Waals surface area contributed by atoms with Crippen LogP contribution in [0, 0.1) is 17.9 Å². The summed E-state index contributed by atoms with van der Waals surface area (Å²) in [5.41, 5.74) is 10.1. The maximum absolute atomic E-state index is 12.1. The number of imide groups is 1. The number of H-pyrrole nitrogens is 4. The molecule has 0 bridgehead atoms. The lowest BCUT2D eigenvalue weighted by Gasteiger charge is -2.14. The molecule has 4 heterocycles. The van der Waals surface area contributed by atoms with Gasteiger partial charge in [-0.2, -0.15) is 10.4 Å². The molecule has 8 N–H and O–H groups in total. The standard InChI is InChI=1S/C20H18Cl2N6O5.C18H12Cl2N6O4.C14H13Cl2N3O2/c1-3-32-20(31)24-18(30)14(8-23)26-25-10-6-12(21)16(13(22)7-10)33-19-15-9(2)4-5-11(15)17(29)27-28-19;1-7-3-4-9-12(7)17(24-23-15(9)27)30-13-10(19)5-8(6-11(13)20)26-18(29)22-16(28)14(21-2)25-26;1-6-2-3-8-11(6)14(19-18-13(8)20)21-12-9(15)4-7(17)5-10(12)16/h6-7,9,25H,3-5H2,1-2H3,(H,27,29)(H,24,30,31);5-7H,3-4H2,1H3,(H,23,27)(H,22,28,29);4-6H,2-3,17H2,1H3,(H,18,20)/b26-14+;;. The number of rotatable bonds is 11. The topological polar surface area (TPSA) is 367 Å². The Morgan fingerprint density at radius 2 is 1.11 bits per heavy atom. The molecule has 4 aromatic heterocycles. The Kier molecular flexibility index (Phi) is 19.1. The zero-order valence-electron chi connectivity index (χ0n) is 44.1. The predicted molar refractivity (Wildman–Crippen MR) is 311 cm³/mol. The first-order valence-corrected chi connectivity index (χ1v) is 27.2. The fourth-order valence-electron chi connectivity index (χ4n) is 9.12. The molecule has 0 spiro atoms. The Bertz CT molecular complexity index is 4180. The molecule has 0 fully saturated rings. The van der Waals surface area contributed by atoms with E-state index in [4.69, 9.17) is 101 Å². The van der Waals surface area contributed by atoms with E-state index in [1.54, 1.807) is 25.1 Å². The van der Waals surface area contributed by atoms with Crippen LogP contribution in [0.2, 0.25) is 30.1 Å². The van der Waals surface area contributed by atoms with Gasteiger partial charge in [-0.15, -0.1) is 20.0 Å². The maximum Gasteiger partial charge on any atom is 0.414 e. The second-order valence-corrected chi connectivity index (χ2v) is 21.1. The number of nitrogen functional groups attached to an aromatic ring is 1. The van der Waals surface area contributed by atoms with E-state index in [1.807, 2.05) is 31.1 Å². The highest BCUT2D eigenvalue weighted by Gasteiger charge is 2.31. The van der Waals surface area contributed by atoms with Gasteiger partial charge in [0, 0.05) is 39.1 Å². The van der Waals surface area contributed by atoms with E-state index in [9.17, 15) is 33.6 Å². The number of alkyl carbamates (subject to hydrolysis) is 1. The van der Waals surface area contributed by atoms with Crippen LogP contribution in [-0.2, 0) is 28.8 Å². The predicted octanol–water partition coefficient (Wildman–Crippen LogP) is 9.69. The number of nitriles is 1. The highest BCUT2D eigenvalue weighted by Crippen LogP contribution is 2.45. The van der Waals surface area contributed by atoms with Crippen LogP contribution in [-0.4, -0.2) is 69.7 Å². The average Bonchev–Trinajstić information content (AvgIpc) is 2.65. The number of nitrogens with one attached hydrogen (secondary N) is 6. The molecule has 0 radical (unpaired) electrons. The molecule has 3 aromatic carbocycles. The number of amides is 2. The van der Waals surface area contributed by atoms with Gasteiger partial charge in [0.15, 0.2) is 17.2 Å². The van der Waals surface area contributed by atoms with Crippen molar-refractivity contribution in [2.24, 2.45) is 5.10 Å². The number of aromatic nitrogens is 9. The fourth-order valence-corrected chi connectivity index (χ4v) is 10.8. The zero-order valence-corrected chi connectivity index (χ0v) is 48.6. The first-order valence-electron chi connectivity index (χ1n) is 25.0. The van der Waals surface area contributed by atoms with Gasteiger partial charge in [0.25, 0.3) is 28.1 Å². The Morgan fingerprint density at radius 3 is 1.50 bits per heavy atom. The van der Waals surface area contributed by atoms with Crippen molar-refractivity contribution in [1.82, 2.24) is 50.7 Å². The summed E-state index contributed by atoms with van der Waals surface area (Å²) in [5, 5.41) is 38.4. The highest BCUT2D eigenvalue weighted by atomic mass is 35.5. The molecular formula is C52H43Cl6N15O11. The molecule has 3 aliphatic rings. The van der Waals surface area contributed by atoms with Crippen LogP contribution in [0.15, 0.2) is 65.5 Å². The van der Waals surface area contributed by atoms with Gasteiger partial charge in [0.05, 0.1) is 48.1 Å². The van der Waals surface area contributed by atoms with Gasteiger partial charge in [-0.25, -0.2) is 24.9 Å². The minimum atomic E-state index is -1.05. The van der Waals surface area contributed by atoms with Crippen LogP contribution in [0.3, 0.4) is 0 Å². The van der Waals surface area contributed by atoms with E-state index in [0.717, 1.165) is 35.1 Å². The van der Waals surface area contributed by atoms with Crippen LogP contribution in [0.1, 0.15) is 98.1 Å². The lowest BCUT2D eigenvalue weighted by Crippen LogP contribution is -2.36. The number of hydrazone groups is 1. The number of halogens is 6. The fraction of sp³-hybridized carbons (Fsp3) is 0.269. The molecule has 32 heteroatoms. The Morgan fingerprint density at radius 1 is 0.702 bits per heavy atom. The summed E-state index contributed by atoms with van der Waals surface area (Å²) >= 11 is 37.5. The van der Waals surface area contributed by atoms with Crippen molar-refractivity contribution >= 4 is 105 Å². The second-order valence-electron chi connectivity index (χ2n) is 18.7. The third-order valence-electron chi connectivity index (χ3n) is 13.1. The van der Waals surface area contributed by atoms with Crippen molar-refractivity contribution in [3.63, 3.8) is 0 Å². The van der Waals surface area contributed by atoms with E-state index >= 15 is 0 Å². The number of hydrogen-bond acceptors (Lipinski definition) is 19. The van der Waals surface area contributed by atoms with Crippen molar-refractivity contribution in [2.45, 2.75) is 84.0 Å². The summed E-state index contributed by atoms with van der Waals surface area (Å²) in [6.45, 7) is 14.6. The van der Waals surface area contributed by atoms with E-state index in [1.165, 1.54) is 24.3 Å². The summed E-state index contributed by atoms with van der Waals surface area (Å²) in [6, 6.07) is 10.2. The molecule has 10 rings (SSSR count). The Labute approximate surface area is 502 Å². The molecule has 3 unspecified atom stereocenters. The average molecular weight is 1270 g/mol. The van der Waals surface area contributed by atoms with E-state index in [-0.39, 0.29) is 102 Å². The molecule has 434 valence electrons. The van der Waals surface area contributed by atoms with E-state index in [0.29, 0.717) is 63.1 Å². The van der Waals surface area contributed by atoms with Gasteiger partial charge in [0.1, 0.15) is 6.07 Å². The second kappa shape index (κ2) is 26.2. The van der Waals surface area contributed by atoms with E-state index in [2.05, 4.69) is 55.8 Å². The summed E-state index contributed by atoms with van der Waals surface area (Å²) in [4.78, 5) is 87.6. The smallest absolute Gasteiger partial charge is 0.414 e. The monoisotopic (exact) mass is 1260 g/mol. The SMILES string of the molecule is CC1CCc2c1c(Oc1c(Cl)cc(N)cc1Cl)n[nH]c2=O.CCOC(=O)NC(=O)/C(C#N)=N/Nc1cc(Cl)c(Oc2n[nH]c(=O)c3c2C(C)CC3)c(Cl)c1.[C-]#[N+]c1nn(-c2cc(Cl)c(Oc3n[nH]c(=O)c4c3C(C)CC4)c(Cl)c2)c(=O)[nH]c1=O. The molecular weight excluding hydrogens is 1220 g/mol. The molecule has 0 saturated heterocycles. The van der Waals surface area contributed by atoms with Crippen LogP contribution in [0.5, 0.6) is 34.9 Å². The number of nitrogens with two attached hydrogens (primary N) is 1. The number of nitrogens with zero attached hydrogens (tertiary/aromatic N) is 8. The van der Waals surface area contributed by atoms with Crippen molar-refractivity contribution in [3.05, 3.63) is 163 Å². The number of carbonyl (C=O) groups is 2. The van der Waals surface area contributed by atoms with Gasteiger partial charge in [-0.1, -0.05) is 96.9 Å². The number of ether oxygens (including phenoxy) is 4. The lowest BCUT2D eigenvalue weighted by molar-refractivity contribution is -0.114. The van der Waals surface area contributed by atoms with Crippen LogP contribution < -0.4 is 58.6 Å². The molecule has 26 nitrogen and oxygen atoms in total.